The Kier molecular flexibility index (Phi) is 3.40. The van der Waals surface area contributed by atoms with E-state index in [1.54, 1.807) is 0 Å². The Labute approximate surface area is 135 Å². The van der Waals surface area contributed by atoms with E-state index in [0.29, 0.717) is 34.5 Å². The van der Waals surface area contributed by atoms with E-state index in [-0.39, 0.29) is 5.92 Å². The smallest absolute Gasteiger partial charge is 0.306 e. The number of hydrogen-bond acceptors (Lipinski definition) is 1. The number of aliphatic carboxylic acids is 1. The van der Waals surface area contributed by atoms with Gasteiger partial charge in [0.25, 0.3) is 0 Å². The average Bonchev–Trinajstić information content (AvgIpc) is 2.87. The summed E-state index contributed by atoms with van der Waals surface area (Å²) < 4.78 is 0. The summed E-state index contributed by atoms with van der Waals surface area (Å²) in [5.41, 5.74) is 0.894. The van der Waals surface area contributed by atoms with Gasteiger partial charge < -0.3 is 5.11 Å². The highest BCUT2D eigenvalue weighted by atomic mass is 16.4. The van der Waals surface area contributed by atoms with Gasteiger partial charge in [0.2, 0.25) is 0 Å². The second-order valence-corrected chi connectivity index (χ2v) is 9.50. The van der Waals surface area contributed by atoms with E-state index in [4.69, 9.17) is 0 Å². The first-order valence-electron chi connectivity index (χ1n) is 9.68. The molecule has 0 bridgehead atoms. The zero-order chi connectivity index (χ0) is 15.5. The van der Waals surface area contributed by atoms with E-state index in [1.165, 1.54) is 57.8 Å². The van der Waals surface area contributed by atoms with Crippen LogP contribution in [0.4, 0.5) is 0 Å². The quantitative estimate of drug-likeness (QED) is 0.730. The second kappa shape index (κ2) is 4.98. The minimum absolute atomic E-state index is 0.0519. The van der Waals surface area contributed by atoms with Gasteiger partial charge in [-0.15, -0.1) is 0 Å². The van der Waals surface area contributed by atoms with Crippen molar-refractivity contribution in [3.63, 3.8) is 0 Å². The second-order valence-electron chi connectivity index (χ2n) is 9.50. The lowest BCUT2D eigenvalue weighted by molar-refractivity contribution is -0.168. The third kappa shape index (κ3) is 1.94. The highest BCUT2D eigenvalue weighted by molar-refractivity contribution is 5.71. The summed E-state index contributed by atoms with van der Waals surface area (Å²) in [7, 11) is 0. The Bertz CT molecular complexity index is 472. The summed E-state index contributed by atoms with van der Waals surface area (Å²) in [5, 5.41) is 9.96. The number of rotatable bonds is 1. The number of carbonyl (C=O) groups is 1. The summed E-state index contributed by atoms with van der Waals surface area (Å²) in [6, 6.07) is 0. The molecule has 0 aromatic heterocycles. The van der Waals surface area contributed by atoms with Crippen molar-refractivity contribution in [3.05, 3.63) is 0 Å². The molecule has 124 valence electrons. The lowest BCUT2D eigenvalue weighted by Crippen LogP contribution is -2.56. The van der Waals surface area contributed by atoms with Crippen LogP contribution in [0.3, 0.4) is 0 Å². The molecule has 4 fully saturated rings. The maximum absolute atomic E-state index is 12.1. The van der Waals surface area contributed by atoms with Crippen LogP contribution in [0.1, 0.15) is 78.1 Å². The highest BCUT2D eigenvalue weighted by Gasteiger charge is 2.61. The minimum Gasteiger partial charge on any atom is -0.481 e. The van der Waals surface area contributed by atoms with Crippen molar-refractivity contribution >= 4 is 5.97 Å². The first-order valence-corrected chi connectivity index (χ1v) is 9.68. The van der Waals surface area contributed by atoms with E-state index < -0.39 is 5.97 Å². The number of carboxylic acids is 1. The van der Waals surface area contributed by atoms with Gasteiger partial charge in [-0.05, 0) is 79.4 Å². The van der Waals surface area contributed by atoms with Crippen LogP contribution in [0.15, 0.2) is 0 Å². The first-order chi connectivity index (χ1) is 10.5. The molecule has 1 N–H and O–H groups in total. The molecule has 7 atom stereocenters. The molecule has 1 unspecified atom stereocenters. The molecule has 0 saturated heterocycles. The monoisotopic (exact) mass is 304 g/mol. The molecule has 22 heavy (non-hydrogen) atoms. The van der Waals surface area contributed by atoms with Gasteiger partial charge in [-0.2, -0.15) is 0 Å². The van der Waals surface area contributed by atoms with Crippen LogP contribution in [0.2, 0.25) is 0 Å². The lowest BCUT2D eigenvalue weighted by Gasteiger charge is -2.61. The van der Waals surface area contributed by atoms with Gasteiger partial charge in [0.15, 0.2) is 0 Å². The Morgan fingerprint density at radius 1 is 0.955 bits per heavy atom. The molecule has 0 aromatic rings. The summed E-state index contributed by atoms with van der Waals surface area (Å²) >= 11 is 0. The molecule has 4 aliphatic rings. The molecular formula is C20H32O2. The maximum atomic E-state index is 12.1. The predicted octanol–water partition coefficient (Wildman–Crippen LogP) is 5.12. The fourth-order valence-electron chi connectivity index (χ4n) is 7.55. The first kappa shape index (κ1) is 15.0. The third-order valence-electron chi connectivity index (χ3n) is 8.73. The van der Waals surface area contributed by atoms with Crippen molar-refractivity contribution in [2.24, 2.45) is 40.4 Å². The summed E-state index contributed by atoms with van der Waals surface area (Å²) in [5.74, 6) is 1.98. The predicted molar refractivity (Wildman–Crippen MR) is 87.5 cm³/mol. The van der Waals surface area contributed by atoms with Crippen LogP contribution in [0.25, 0.3) is 0 Å². The topological polar surface area (TPSA) is 37.3 Å². The number of hydrogen-bond donors (Lipinski definition) is 1. The van der Waals surface area contributed by atoms with Gasteiger partial charge in [0.05, 0.1) is 5.92 Å². The fourth-order valence-corrected chi connectivity index (χ4v) is 7.55. The Hall–Kier alpha value is -0.530. The Balaban J connectivity index is 1.74. The van der Waals surface area contributed by atoms with Crippen LogP contribution in [0, 0.1) is 40.4 Å². The molecule has 4 saturated carbocycles. The number of carboxylic acid groups (broad SMARTS) is 1. The molecule has 2 heteroatoms. The van der Waals surface area contributed by atoms with E-state index in [0.717, 1.165) is 6.42 Å². The van der Waals surface area contributed by atoms with Crippen LogP contribution < -0.4 is 0 Å². The van der Waals surface area contributed by atoms with Gasteiger partial charge in [-0.1, -0.05) is 33.1 Å². The highest BCUT2D eigenvalue weighted by Crippen LogP contribution is 2.67. The van der Waals surface area contributed by atoms with E-state index >= 15 is 0 Å². The van der Waals surface area contributed by atoms with Crippen LogP contribution >= 0.6 is 0 Å². The van der Waals surface area contributed by atoms with Crippen LogP contribution in [0.5, 0.6) is 0 Å². The molecular weight excluding hydrogens is 272 g/mol. The zero-order valence-corrected chi connectivity index (χ0v) is 14.3. The molecule has 4 rings (SSSR count). The maximum Gasteiger partial charge on any atom is 0.306 e. The van der Waals surface area contributed by atoms with Gasteiger partial charge in [-0.3, -0.25) is 4.79 Å². The standard InChI is InChI=1S/C20H32O2/c1-19-9-5-7-15(19)17-14(18(21)22)12-13-6-3-4-10-20(13,2)16(17)8-11-19/h13-17H,3-12H2,1-2H3,(H,21,22)/t13-,14?,15+,16+,17+,19+,20+/m1/s1. The lowest BCUT2D eigenvalue weighted by atomic mass is 9.43. The van der Waals surface area contributed by atoms with Crippen LogP contribution in [-0.4, -0.2) is 11.1 Å². The molecule has 0 aromatic carbocycles. The third-order valence-corrected chi connectivity index (χ3v) is 8.73. The van der Waals surface area contributed by atoms with Crippen molar-refractivity contribution in [2.75, 3.05) is 0 Å². The van der Waals surface area contributed by atoms with Gasteiger partial charge in [0, 0.05) is 0 Å². The van der Waals surface area contributed by atoms with Crippen molar-refractivity contribution in [1.29, 1.82) is 0 Å². The Morgan fingerprint density at radius 3 is 2.55 bits per heavy atom. The SMILES string of the molecule is C[C@@]12CCC[C@H]1[C@@H]1C(C(=O)O)C[C@H]3CCCC[C@]3(C)[C@H]1CC2. The average molecular weight is 304 g/mol. The summed E-state index contributed by atoms with van der Waals surface area (Å²) in [4.78, 5) is 12.1. The molecule has 0 spiro atoms. The Morgan fingerprint density at radius 2 is 1.77 bits per heavy atom. The fraction of sp³-hybridized carbons (Fsp3) is 0.950. The molecule has 0 heterocycles. The van der Waals surface area contributed by atoms with Crippen molar-refractivity contribution in [1.82, 2.24) is 0 Å². The molecule has 0 radical (unpaired) electrons. The molecule has 2 nitrogen and oxygen atoms in total. The number of fused-ring (bicyclic) bond motifs is 5. The van der Waals surface area contributed by atoms with Crippen molar-refractivity contribution < 1.29 is 9.90 Å². The van der Waals surface area contributed by atoms with E-state index in [9.17, 15) is 9.90 Å². The van der Waals surface area contributed by atoms with Crippen LogP contribution in [-0.2, 0) is 4.79 Å². The minimum atomic E-state index is -0.487. The van der Waals surface area contributed by atoms with Crippen molar-refractivity contribution in [3.8, 4) is 0 Å². The van der Waals surface area contributed by atoms with Gasteiger partial charge in [-0.25, -0.2) is 0 Å². The zero-order valence-electron chi connectivity index (χ0n) is 14.3. The summed E-state index contributed by atoms with van der Waals surface area (Å²) in [6.45, 7) is 5.00. The molecule has 0 amide bonds. The molecule has 0 aliphatic heterocycles. The normalized spacial score (nSPS) is 54.2. The van der Waals surface area contributed by atoms with Crippen molar-refractivity contribution in [2.45, 2.75) is 78.1 Å². The summed E-state index contributed by atoms with van der Waals surface area (Å²) in [6.07, 6.45) is 12.9. The van der Waals surface area contributed by atoms with E-state index in [2.05, 4.69) is 13.8 Å². The van der Waals surface area contributed by atoms with Gasteiger partial charge >= 0.3 is 5.97 Å². The molecule has 4 aliphatic carbocycles. The largest absolute Gasteiger partial charge is 0.481 e. The van der Waals surface area contributed by atoms with E-state index in [1.807, 2.05) is 0 Å². The van der Waals surface area contributed by atoms with Gasteiger partial charge in [0.1, 0.15) is 0 Å².